The molecule has 0 bridgehead atoms. The van der Waals surface area contributed by atoms with E-state index < -0.39 is 0 Å². The Kier molecular flexibility index (Phi) is 6.46. The molecule has 0 aliphatic carbocycles. The van der Waals surface area contributed by atoms with E-state index in [1.54, 1.807) is 16.0 Å². The van der Waals surface area contributed by atoms with Gasteiger partial charge in [-0.2, -0.15) is 0 Å². The molecule has 1 saturated heterocycles. The fourth-order valence-corrected chi connectivity index (χ4v) is 3.61. The van der Waals surface area contributed by atoms with E-state index in [-0.39, 0.29) is 24.1 Å². The van der Waals surface area contributed by atoms with Gasteiger partial charge in [-0.25, -0.2) is 4.68 Å². The number of carbonyl (C=O) groups is 2. The molecule has 2 aromatic rings. The number of hydrogen-bond acceptors (Lipinski definition) is 6. The van der Waals surface area contributed by atoms with Crippen LogP contribution in [0.5, 0.6) is 0 Å². The van der Waals surface area contributed by atoms with Crippen LogP contribution in [0.25, 0.3) is 0 Å². The van der Waals surface area contributed by atoms with Gasteiger partial charge < -0.3 is 14.7 Å². The maximum Gasteiger partial charge on any atom is 0.276 e. The van der Waals surface area contributed by atoms with Gasteiger partial charge in [0, 0.05) is 56.3 Å². The highest BCUT2D eigenvalue weighted by Gasteiger charge is 2.25. The lowest BCUT2D eigenvalue weighted by atomic mass is 10.2. The summed E-state index contributed by atoms with van der Waals surface area (Å²) in [6.07, 6.45) is 1.56. The first-order valence-corrected chi connectivity index (χ1v) is 10.1. The number of aryl methyl sites for hydroxylation is 2. The molecule has 9 nitrogen and oxygen atoms in total. The summed E-state index contributed by atoms with van der Waals surface area (Å²) in [5.41, 5.74) is 3.41. The smallest absolute Gasteiger partial charge is 0.276 e. The van der Waals surface area contributed by atoms with Crippen molar-refractivity contribution in [3.63, 3.8) is 0 Å². The SMILES string of the molecule is CCN(CC)C(=O)Cn1cc(C(=O)N2CCN(c3cc(C)nc(C)c3)CC2)nn1. The van der Waals surface area contributed by atoms with Crippen molar-refractivity contribution in [2.24, 2.45) is 0 Å². The van der Waals surface area contributed by atoms with Crippen molar-refractivity contribution in [2.45, 2.75) is 34.2 Å². The van der Waals surface area contributed by atoms with Crippen molar-refractivity contribution in [1.82, 2.24) is 29.8 Å². The average molecular weight is 399 g/mol. The van der Waals surface area contributed by atoms with Gasteiger partial charge in [-0.15, -0.1) is 5.10 Å². The molecule has 0 atom stereocenters. The topological polar surface area (TPSA) is 87.5 Å². The second-order valence-corrected chi connectivity index (χ2v) is 7.25. The molecule has 0 N–H and O–H groups in total. The van der Waals surface area contributed by atoms with Crippen molar-refractivity contribution < 1.29 is 9.59 Å². The third-order valence-electron chi connectivity index (χ3n) is 5.17. The number of hydrogen-bond donors (Lipinski definition) is 0. The molecule has 0 saturated carbocycles. The molecular formula is C20H29N7O2. The fourth-order valence-electron chi connectivity index (χ4n) is 3.61. The van der Waals surface area contributed by atoms with Gasteiger partial charge in [0.15, 0.2) is 5.69 Å². The van der Waals surface area contributed by atoms with Crippen LogP contribution in [0.3, 0.4) is 0 Å². The highest BCUT2D eigenvalue weighted by molar-refractivity contribution is 5.92. The van der Waals surface area contributed by atoms with Crippen molar-refractivity contribution in [3.8, 4) is 0 Å². The monoisotopic (exact) mass is 399 g/mol. The standard InChI is InChI=1S/C20H29N7O2/c1-5-24(6-2)19(28)14-27-13-18(22-23-27)20(29)26-9-7-25(8-10-26)17-11-15(3)21-16(4)12-17/h11-13H,5-10,14H2,1-4H3. The number of anilines is 1. The van der Waals surface area contributed by atoms with Crippen LogP contribution >= 0.6 is 0 Å². The number of nitrogens with zero attached hydrogens (tertiary/aromatic N) is 7. The molecule has 0 spiro atoms. The van der Waals surface area contributed by atoms with Crippen LogP contribution in [-0.2, 0) is 11.3 Å². The zero-order chi connectivity index (χ0) is 21.0. The molecule has 3 heterocycles. The minimum absolute atomic E-state index is 0.0320. The number of amides is 2. The Morgan fingerprint density at radius 1 is 1.03 bits per heavy atom. The molecule has 2 aromatic heterocycles. The molecule has 2 amide bonds. The first kappa shape index (κ1) is 20.8. The maximum absolute atomic E-state index is 12.8. The quantitative estimate of drug-likeness (QED) is 0.723. The molecule has 0 unspecified atom stereocenters. The van der Waals surface area contributed by atoms with Gasteiger partial charge in [0.2, 0.25) is 5.91 Å². The van der Waals surface area contributed by atoms with Crippen LogP contribution in [-0.4, -0.2) is 80.9 Å². The second-order valence-electron chi connectivity index (χ2n) is 7.25. The summed E-state index contributed by atoms with van der Waals surface area (Å²) < 4.78 is 1.44. The van der Waals surface area contributed by atoms with E-state index in [0.29, 0.717) is 26.2 Å². The third kappa shape index (κ3) is 4.90. The van der Waals surface area contributed by atoms with Crippen LogP contribution in [0.2, 0.25) is 0 Å². The zero-order valence-electron chi connectivity index (χ0n) is 17.6. The van der Waals surface area contributed by atoms with Crippen LogP contribution < -0.4 is 4.90 Å². The number of piperazine rings is 1. The zero-order valence-corrected chi connectivity index (χ0v) is 17.6. The first-order valence-electron chi connectivity index (χ1n) is 10.1. The lowest BCUT2D eigenvalue weighted by molar-refractivity contribution is -0.131. The lowest BCUT2D eigenvalue weighted by Crippen LogP contribution is -2.49. The van der Waals surface area contributed by atoms with E-state index >= 15 is 0 Å². The van der Waals surface area contributed by atoms with Crippen LogP contribution in [0, 0.1) is 13.8 Å². The summed E-state index contributed by atoms with van der Waals surface area (Å²) in [4.78, 5) is 35.2. The highest BCUT2D eigenvalue weighted by atomic mass is 16.2. The van der Waals surface area contributed by atoms with E-state index in [4.69, 9.17) is 0 Å². The fraction of sp³-hybridized carbons (Fsp3) is 0.550. The Bertz CT molecular complexity index is 847. The Balaban J connectivity index is 1.58. The average Bonchev–Trinajstić information content (AvgIpc) is 3.16. The maximum atomic E-state index is 12.8. The minimum Gasteiger partial charge on any atom is -0.368 e. The molecule has 156 valence electrons. The minimum atomic E-state index is -0.145. The third-order valence-corrected chi connectivity index (χ3v) is 5.17. The van der Waals surface area contributed by atoms with Gasteiger partial charge >= 0.3 is 0 Å². The summed E-state index contributed by atoms with van der Waals surface area (Å²) in [5.74, 6) is -0.177. The summed E-state index contributed by atoms with van der Waals surface area (Å²) >= 11 is 0. The highest BCUT2D eigenvalue weighted by Crippen LogP contribution is 2.19. The van der Waals surface area contributed by atoms with Crippen molar-refractivity contribution in [2.75, 3.05) is 44.2 Å². The van der Waals surface area contributed by atoms with Gasteiger partial charge in [0.25, 0.3) is 5.91 Å². The number of pyridine rings is 1. The predicted molar refractivity (Wildman–Crippen MR) is 110 cm³/mol. The van der Waals surface area contributed by atoms with E-state index in [9.17, 15) is 9.59 Å². The molecule has 0 aromatic carbocycles. The molecule has 1 fully saturated rings. The Morgan fingerprint density at radius 3 is 2.24 bits per heavy atom. The van der Waals surface area contributed by atoms with Gasteiger partial charge in [-0.3, -0.25) is 14.6 Å². The van der Waals surface area contributed by atoms with Gasteiger partial charge in [0.1, 0.15) is 6.54 Å². The number of likely N-dealkylation sites (N-methyl/N-ethyl adjacent to an activating group) is 1. The molecule has 0 radical (unpaired) electrons. The van der Waals surface area contributed by atoms with Crippen LogP contribution in [0.4, 0.5) is 5.69 Å². The van der Waals surface area contributed by atoms with E-state index in [1.165, 1.54) is 4.68 Å². The second kappa shape index (κ2) is 9.02. The van der Waals surface area contributed by atoms with E-state index in [0.717, 1.165) is 30.2 Å². The van der Waals surface area contributed by atoms with Crippen LogP contribution in [0.15, 0.2) is 18.3 Å². The summed E-state index contributed by atoms with van der Waals surface area (Å²) in [5, 5.41) is 7.94. The summed E-state index contributed by atoms with van der Waals surface area (Å²) in [7, 11) is 0. The molecule has 3 rings (SSSR count). The van der Waals surface area contributed by atoms with Crippen LogP contribution in [0.1, 0.15) is 35.7 Å². The predicted octanol–water partition coefficient (Wildman–Crippen LogP) is 1.12. The number of carbonyl (C=O) groups excluding carboxylic acids is 2. The van der Waals surface area contributed by atoms with E-state index in [2.05, 4.69) is 32.3 Å². The molecule has 1 aliphatic heterocycles. The first-order chi connectivity index (χ1) is 13.9. The molecule has 9 heteroatoms. The summed E-state index contributed by atoms with van der Waals surface area (Å²) in [6, 6.07) is 4.14. The largest absolute Gasteiger partial charge is 0.368 e. The van der Waals surface area contributed by atoms with Crippen molar-refractivity contribution >= 4 is 17.5 Å². The van der Waals surface area contributed by atoms with Gasteiger partial charge in [-0.1, -0.05) is 5.21 Å². The number of aromatic nitrogens is 4. The van der Waals surface area contributed by atoms with Crippen molar-refractivity contribution in [3.05, 3.63) is 35.4 Å². The Morgan fingerprint density at radius 2 is 1.66 bits per heavy atom. The van der Waals surface area contributed by atoms with Gasteiger partial charge in [0.05, 0.1) is 6.20 Å². The van der Waals surface area contributed by atoms with Crippen molar-refractivity contribution in [1.29, 1.82) is 0 Å². The number of rotatable bonds is 6. The Hall–Kier alpha value is -2.97. The molecule has 1 aliphatic rings. The van der Waals surface area contributed by atoms with Gasteiger partial charge in [-0.05, 0) is 39.8 Å². The lowest BCUT2D eigenvalue weighted by Gasteiger charge is -2.36. The normalized spacial score (nSPS) is 14.2. The molecule has 29 heavy (non-hydrogen) atoms. The molecular weight excluding hydrogens is 370 g/mol. The summed E-state index contributed by atoms with van der Waals surface area (Å²) in [6.45, 7) is 12.0. The van der Waals surface area contributed by atoms with E-state index in [1.807, 2.05) is 27.7 Å². The Labute approximate surface area is 171 Å².